The van der Waals surface area contributed by atoms with Gasteiger partial charge in [0.25, 0.3) is 5.56 Å². The molecule has 9 heteroatoms. The number of benzene rings is 1. The lowest BCUT2D eigenvalue weighted by Crippen LogP contribution is -2.40. The van der Waals surface area contributed by atoms with Gasteiger partial charge in [0.05, 0.1) is 10.6 Å². The van der Waals surface area contributed by atoms with Crippen molar-refractivity contribution >= 4 is 29.0 Å². The third kappa shape index (κ3) is 2.57. The first-order valence-electron chi connectivity index (χ1n) is 7.92. The highest BCUT2D eigenvalue weighted by atomic mass is 35.5. The molecule has 0 radical (unpaired) electrons. The Morgan fingerprint density at radius 2 is 2.27 bits per heavy atom. The summed E-state index contributed by atoms with van der Waals surface area (Å²) in [7, 11) is 0. The van der Waals surface area contributed by atoms with Gasteiger partial charge in [-0.05, 0) is 18.1 Å². The SMILES string of the molecule is N#Cc1cc(NC(=O)[N+]2=C3CC[C@H]2Cc2cc(=O)[nH]nc23)c(F)cc1Cl. The van der Waals surface area contributed by atoms with Gasteiger partial charge in [-0.3, -0.25) is 4.79 Å². The summed E-state index contributed by atoms with van der Waals surface area (Å²) in [5, 5.41) is 18.0. The fourth-order valence-electron chi connectivity index (χ4n) is 3.49. The maximum atomic E-state index is 14.1. The van der Waals surface area contributed by atoms with E-state index in [4.69, 9.17) is 16.9 Å². The molecule has 130 valence electrons. The fourth-order valence-corrected chi connectivity index (χ4v) is 3.69. The molecule has 2 bridgehead atoms. The molecule has 1 atom stereocenters. The summed E-state index contributed by atoms with van der Waals surface area (Å²) >= 11 is 5.79. The summed E-state index contributed by atoms with van der Waals surface area (Å²) in [4.78, 5) is 24.2. The van der Waals surface area contributed by atoms with Crippen LogP contribution in [0.4, 0.5) is 14.9 Å². The third-order valence-electron chi connectivity index (χ3n) is 4.62. The van der Waals surface area contributed by atoms with Crippen LogP contribution < -0.4 is 10.9 Å². The highest BCUT2D eigenvalue weighted by Gasteiger charge is 2.42. The fraction of sp³-hybridized carbons (Fsp3) is 0.235. The van der Waals surface area contributed by atoms with Crippen LogP contribution in [0.3, 0.4) is 0 Å². The van der Waals surface area contributed by atoms with E-state index in [9.17, 15) is 14.0 Å². The van der Waals surface area contributed by atoms with E-state index in [0.717, 1.165) is 18.1 Å². The van der Waals surface area contributed by atoms with Crippen LogP contribution >= 0.6 is 11.6 Å². The lowest BCUT2D eigenvalue weighted by atomic mass is 10.0. The second-order valence-corrected chi connectivity index (χ2v) is 6.58. The van der Waals surface area contributed by atoms with E-state index in [1.165, 1.54) is 12.1 Å². The molecular weight excluding hydrogens is 361 g/mol. The summed E-state index contributed by atoms with van der Waals surface area (Å²) < 4.78 is 15.7. The highest BCUT2D eigenvalue weighted by Crippen LogP contribution is 2.29. The van der Waals surface area contributed by atoms with Crippen molar-refractivity contribution < 1.29 is 13.8 Å². The predicted octanol–water partition coefficient (Wildman–Crippen LogP) is 2.19. The molecule has 2 aromatic rings. The summed E-state index contributed by atoms with van der Waals surface area (Å²) in [6.07, 6.45) is 1.88. The van der Waals surface area contributed by atoms with Gasteiger partial charge in [0.1, 0.15) is 23.5 Å². The van der Waals surface area contributed by atoms with Gasteiger partial charge in [0, 0.05) is 25.0 Å². The van der Waals surface area contributed by atoms with Crippen molar-refractivity contribution in [2.24, 2.45) is 0 Å². The largest absolute Gasteiger partial charge is 0.496 e. The zero-order valence-electron chi connectivity index (χ0n) is 13.3. The average molecular weight is 373 g/mol. The number of aromatic amines is 1. The summed E-state index contributed by atoms with van der Waals surface area (Å²) in [5.74, 6) is -0.723. The lowest BCUT2D eigenvalue weighted by molar-refractivity contribution is -0.460. The van der Waals surface area contributed by atoms with Crippen molar-refractivity contribution in [1.29, 1.82) is 5.26 Å². The first-order valence-corrected chi connectivity index (χ1v) is 8.30. The minimum atomic E-state index is -0.723. The molecule has 7 nitrogen and oxygen atoms in total. The normalized spacial score (nSPS) is 17.7. The Balaban J connectivity index is 1.72. The number of urea groups is 1. The molecule has 3 heterocycles. The second-order valence-electron chi connectivity index (χ2n) is 6.17. The van der Waals surface area contributed by atoms with Crippen LogP contribution in [0.25, 0.3) is 0 Å². The Hall–Kier alpha value is -3.05. The van der Waals surface area contributed by atoms with Gasteiger partial charge in [0.15, 0.2) is 11.5 Å². The number of anilines is 1. The maximum absolute atomic E-state index is 14.1. The van der Waals surface area contributed by atoms with Crippen molar-refractivity contribution in [2.45, 2.75) is 25.3 Å². The summed E-state index contributed by atoms with van der Waals surface area (Å²) in [6, 6.07) is 4.92. The molecule has 0 spiro atoms. The number of carbonyl (C=O) groups excluding carboxylic acids is 1. The van der Waals surface area contributed by atoms with E-state index < -0.39 is 11.8 Å². The number of fused-ring (bicyclic) bond motifs is 3. The average Bonchev–Trinajstić information content (AvgIpc) is 2.92. The Bertz CT molecular complexity index is 1090. The van der Waals surface area contributed by atoms with Gasteiger partial charge in [-0.25, -0.2) is 14.8 Å². The van der Waals surface area contributed by atoms with Crippen molar-refractivity contribution in [3.8, 4) is 6.07 Å². The van der Waals surface area contributed by atoms with Crippen LogP contribution in [-0.4, -0.2) is 32.6 Å². The van der Waals surface area contributed by atoms with Crippen LogP contribution in [0, 0.1) is 17.1 Å². The van der Waals surface area contributed by atoms with Crippen molar-refractivity contribution in [3.63, 3.8) is 0 Å². The molecule has 4 rings (SSSR count). The zero-order valence-corrected chi connectivity index (χ0v) is 14.1. The van der Waals surface area contributed by atoms with Crippen molar-refractivity contribution in [1.82, 2.24) is 10.2 Å². The molecule has 2 N–H and O–H groups in total. The lowest BCUT2D eigenvalue weighted by Gasteiger charge is -2.18. The minimum Gasteiger partial charge on any atom is -0.268 e. The predicted molar refractivity (Wildman–Crippen MR) is 91.1 cm³/mol. The van der Waals surface area contributed by atoms with Crippen molar-refractivity contribution in [3.05, 3.63) is 56.2 Å². The molecule has 0 saturated heterocycles. The quantitative estimate of drug-likeness (QED) is 0.749. The number of nitriles is 1. The first kappa shape index (κ1) is 16.4. The molecule has 0 fully saturated rings. The maximum Gasteiger partial charge on any atom is 0.496 e. The third-order valence-corrected chi connectivity index (χ3v) is 4.94. The molecule has 2 aliphatic heterocycles. The first-order chi connectivity index (χ1) is 12.5. The van der Waals surface area contributed by atoms with Crippen LogP contribution in [-0.2, 0) is 6.42 Å². The minimum absolute atomic E-state index is 0.0162. The molecule has 0 saturated carbocycles. The van der Waals surface area contributed by atoms with Gasteiger partial charge in [0.2, 0.25) is 0 Å². The van der Waals surface area contributed by atoms with Crippen LogP contribution in [0.5, 0.6) is 0 Å². The molecule has 2 aliphatic rings. The summed E-state index contributed by atoms with van der Waals surface area (Å²) in [6.45, 7) is 0. The number of aromatic nitrogens is 2. The topological polar surface area (TPSA) is 102 Å². The number of hydrogen-bond donors (Lipinski definition) is 2. The molecule has 1 aromatic carbocycles. The van der Waals surface area contributed by atoms with E-state index in [1.54, 1.807) is 4.58 Å². The standard InChI is InChI=1S/C17H11ClFN5O2/c18-11-6-12(19)13(4-9(11)7-20)21-17(26)24-10-1-2-14(24)16-8(3-10)5-15(25)22-23-16/h4-6,10H,1-3H2,(H,21,26)/p+1/t10-/m0/s1. The number of amides is 2. The molecule has 1 aromatic heterocycles. The van der Waals surface area contributed by atoms with Gasteiger partial charge in [-0.15, -0.1) is 0 Å². The number of halogens is 2. The zero-order chi connectivity index (χ0) is 18.4. The Labute approximate surface area is 151 Å². The van der Waals surface area contributed by atoms with Crippen molar-refractivity contribution in [2.75, 3.05) is 5.32 Å². The number of hydrogen-bond acceptors (Lipinski definition) is 4. The van der Waals surface area contributed by atoms with E-state index in [2.05, 4.69) is 15.5 Å². The smallest absolute Gasteiger partial charge is 0.268 e. The Morgan fingerprint density at radius 1 is 1.46 bits per heavy atom. The number of rotatable bonds is 1. The second kappa shape index (κ2) is 6.04. The van der Waals surface area contributed by atoms with Crippen LogP contribution in [0.15, 0.2) is 23.0 Å². The number of carbonyl (C=O) groups is 1. The van der Waals surface area contributed by atoms with E-state index >= 15 is 0 Å². The number of nitrogens with one attached hydrogen (secondary N) is 2. The van der Waals surface area contributed by atoms with E-state index in [1.807, 2.05) is 6.07 Å². The van der Waals surface area contributed by atoms with Crippen LogP contribution in [0.1, 0.15) is 29.7 Å². The monoisotopic (exact) mass is 372 g/mol. The number of H-pyrrole nitrogens is 1. The molecule has 2 amide bonds. The molecule has 26 heavy (non-hydrogen) atoms. The van der Waals surface area contributed by atoms with E-state index in [0.29, 0.717) is 24.2 Å². The molecular formula is C17H12ClFN5O2+. The van der Waals surface area contributed by atoms with Gasteiger partial charge in [-0.1, -0.05) is 11.6 Å². The molecule has 0 unspecified atom stereocenters. The molecule has 0 aliphatic carbocycles. The van der Waals surface area contributed by atoms with Crippen LogP contribution in [0.2, 0.25) is 5.02 Å². The van der Waals surface area contributed by atoms with Gasteiger partial charge < -0.3 is 0 Å². The van der Waals surface area contributed by atoms with Gasteiger partial charge >= 0.3 is 6.03 Å². The number of nitrogens with zero attached hydrogens (tertiary/aromatic N) is 3. The van der Waals surface area contributed by atoms with Gasteiger partial charge in [-0.2, -0.15) is 19.7 Å². The van der Waals surface area contributed by atoms with E-state index in [-0.39, 0.29) is 27.9 Å². The summed E-state index contributed by atoms with van der Waals surface area (Å²) in [5.41, 5.74) is 1.76. The highest BCUT2D eigenvalue weighted by molar-refractivity contribution is 6.31. The Kier molecular flexibility index (Phi) is 3.81. The Morgan fingerprint density at radius 3 is 3.04 bits per heavy atom.